The SMILES string of the molecule is CCC(C)c1ccc(N2C(=O)NC(=O)/C(=C/c3cccn3Cc3c(Cl)cccc3Cl)C2=O)cc1. The molecule has 4 amide bonds. The lowest BCUT2D eigenvalue weighted by atomic mass is 9.98. The number of anilines is 1. The predicted molar refractivity (Wildman–Crippen MR) is 134 cm³/mol. The summed E-state index contributed by atoms with van der Waals surface area (Å²) in [6.45, 7) is 4.55. The van der Waals surface area contributed by atoms with Gasteiger partial charge < -0.3 is 4.57 Å². The molecule has 2 heterocycles. The predicted octanol–water partition coefficient (Wildman–Crippen LogP) is 6.02. The summed E-state index contributed by atoms with van der Waals surface area (Å²) in [5.74, 6) is -1.07. The van der Waals surface area contributed by atoms with Gasteiger partial charge in [0.25, 0.3) is 11.8 Å². The first-order valence-corrected chi connectivity index (χ1v) is 11.6. The van der Waals surface area contributed by atoms with Crippen LogP contribution in [0.1, 0.15) is 43.0 Å². The summed E-state index contributed by atoms with van der Waals surface area (Å²) in [7, 11) is 0. The Morgan fingerprint density at radius 2 is 1.65 bits per heavy atom. The second kappa shape index (κ2) is 9.87. The molecule has 1 N–H and O–H groups in total. The van der Waals surface area contributed by atoms with E-state index in [4.69, 9.17) is 23.2 Å². The summed E-state index contributed by atoms with van der Waals surface area (Å²) in [6.07, 6.45) is 4.24. The van der Waals surface area contributed by atoms with Gasteiger partial charge >= 0.3 is 6.03 Å². The molecule has 0 saturated carbocycles. The number of barbiturate groups is 1. The smallest absolute Gasteiger partial charge is 0.335 e. The van der Waals surface area contributed by atoms with E-state index in [9.17, 15) is 14.4 Å². The Morgan fingerprint density at radius 3 is 2.29 bits per heavy atom. The third-order valence-electron chi connectivity index (χ3n) is 5.98. The Hall–Kier alpha value is -3.35. The van der Waals surface area contributed by atoms with E-state index in [2.05, 4.69) is 19.2 Å². The summed E-state index contributed by atoms with van der Waals surface area (Å²) in [6, 6.07) is 15.3. The van der Waals surface area contributed by atoms with Crippen LogP contribution in [0.3, 0.4) is 0 Å². The van der Waals surface area contributed by atoms with Crippen molar-refractivity contribution in [3.8, 4) is 0 Å². The number of nitrogens with one attached hydrogen (secondary N) is 1. The highest BCUT2D eigenvalue weighted by Crippen LogP contribution is 2.28. The van der Waals surface area contributed by atoms with Gasteiger partial charge in [0.05, 0.1) is 12.2 Å². The molecule has 1 aromatic heterocycles. The molecule has 4 rings (SSSR count). The van der Waals surface area contributed by atoms with E-state index in [0.29, 0.717) is 33.9 Å². The van der Waals surface area contributed by atoms with E-state index in [1.165, 1.54) is 6.08 Å². The minimum absolute atomic E-state index is 0.143. The number of nitrogens with zero attached hydrogens (tertiary/aromatic N) is 2. The highest BCUT2D eigenvalue weighted by Gasteiger charge is 2.37. The third-order valence-corrected chi connectivity index (χ3v) is 6.69. The van der Waals surface area contributed by atoms with Gasteiger partial charge in [-0.1, -0.05) is 55.2 Å². The van der Waals surface area contributed by atoms with E-state index >= 15 is 0 Å². The van der Waals surface area contributed by atoms with Crippen molar-refractivity contribution in [3.05, 3.63) is 93.2 Å². The van der Waals surface area contributed by atoms with E-state index < -0.39 is 17.8 Å². The maximum Gasteiger partial charge on any atom is 0.335 e. The molecule has 1 saturated heterocycles. The zero-order chi connectivity index (χ0) is 24.4. The van der Waals surface area contributed by atoms with Crippen LogP contribution in [0, 0.1) is 0 Å². The lowest BCUT2D eigenvalue weighted by Crippen LogP contribution is -2.54. The largest absolute Gasteiger partial charge is 0.343 e. The first kappa shape index (κ1) is 23.8. The number of aromatic nitrogens is 1. The highest BCUT2D eigenvalue weighted by molar-refractivity contribution is 6.39. The quantitative estimate of drug-likeness (QED) is 0.335. The van der Waals surface area contributed by atoms with E-state index in [1.54, 1.807) is 48.7 Å². The summed E-state index contributed by atoms with van der Waals surface area (Å²) in [5, 5.41) is 3.30. The second-order valence-corrected chi connectivity index (χ2v) is 8.93. The van der Waals surface area contributed by atoms with Crippen LogP contribution in [0.2, 0.25) is 10.0 Å². The molecule has 1 fully saturated rings. The van der Waals surface area contributed by atoms with Crippen molar-refractivity contribution >= 4 is 52.8 Å². The van der Waals surface area contributed by atoms with Gasteiger partial charge in [-0.15, -0.1) is 0 Å². The normalized spacial score (nSPS) is 16.2. The van der Waals surface area contributed by atoms with Gasteiger partial charge in [-0.3, -0.25) is 14.9 Å². The number of benzene rings is 2. The number of rotatable bonds is 6. The first-order valence-electron chi connectivity index (χ1n) is 10.9. The maximum atomic E-state index is 13.3. The molecule has 1 unspecified atom stereocenters. The fourth-order valence-corrected chi connectivity index (χ4v) is 4.30. The van der Waals surface area contributed by atoms with E-state index in [-0.39, 0.29) is 5.57 Å². The van der Waals surface area contributed by atoms with Crippen LogP contribution in [0.25, 0.3) is 6.08 Å². The van der Waals surface area contributed by atoms with E-state index in [0.717, 1.165) is 22.4 Å². The summed E-state index contributed by atoms with van der Waals surface area (Å²) in [4.78, 5) is 39.3. The summed E-state index contributed by atoms with van der Waals surface area (Å²) >= 11 is 12.6. The molecule has 0 spiro atoms. The van der Waals surface area contributed by atoms with Gasteiger partial charge in [0.15, 0.2) is 0 Å². The van der Waals surface area contributed by atoms with Gasteiger partial charge in [0, 0.05) is 27.5 Å². The minimum Gasteiger partial charge on any atom is -0.343 e. The van der Waals surface area contributed by atoms with Gasteiger partial charge in [-0.2, -0.15) is 0 Å². The molecule has 0 radical (unpaired) electrons. The molecule has 1 aliphatic rings. The van der Waals surface area contributed by atoms with Crippen molar-refractivity contribution in [2.45, 2.75) is 32.7 Å². The number of urea groups is 1. The molecule has 34 heavy (non-hydrogen) atoms. The Balaban J connectivity index is 1.65. The first-order chi connectivity index (χ1) is 16.3. The average Bonchev–Trinajstić information content (AvgIpc) is 3.25. The summed E-state index contributed by atoms with van der Waals surface area (Å²) < 4.78 is 1.82. The van der Waals surface area contributed by atoms with Gasteiger partial charge in [-0.25, -0.2) is 9.69 Å². The van der Waals surface area contributed by atoms with Crippen molar-refractivity contribution in [3.63, 3.8) is 0 Å². The number of hydrogen-bond donors (Lipinski definition) is 1. The maximum absolute atomic E-state index is 13.3. The molecule has 174 valence electrons. The van der Waals surface area contributed by atoms with E-state index in [1.807, 2.05) is 16.7 Å². The lowest BCUT2D eigenvalue weighted by molar-refractivity contribution is -0.122. The van der Waals surface area contributed by atoms with Crippen LogP contribution >= 0.6 is 23.2 Å². The Bertz CT molecular complexity index is 1270. The molecule has 8 heteroatoms. The number of imide groups is 2. The highest BCUT2D eigenvalue weighted by atomic mass is 35.5. The Kier molecular flexibility index (Phi) is 6.91. The van der Waals surface area contributed by atoms with Gasteiger partial charge in [0.2, 0.25) is 0 Å². The van der Waals surface area contributed by atoms with Crippen LogP contribution in [0.4, 0.5) is 10.5 Å². The molecule has 6 nitrogen and oxygen atoms in total. The van der Waals surface area contributed by atoms with Crippen LogP contribution in [-0.2, 0) is 16.1 Å². The van der Waals surface area contributed by atoms with Crippen LogP contribution in [-0.4, -0.2) is 22.4 Å². The van der Waals surface area contributed by atoms with Crippen molar-refractivity contribution < 1.29 is 14.4 Å². The molecule has 2 aromatic carbocycles. The van der Waals surface area contributed by atoms with Crippen molar-refractivity contribution in [1.82, 2.24) is 9.88 Å². The van der Waals surface area contributed by atoms with Crippen molar-refractivity contribution in [2.24, 2.45) is 0 Å². The number of hydrogen-bond acceptors (Lipinski definition) is 3. The Morgan fingerprint density at radius 1 is 0.971 bits per heavy atom. The molecule has 1 aliphatic heterocycles. The molecule has 3 aromatic rings. The zero-order valence-electron chi connectivity index (χ0n) is 18.7. The monoisotopic (exact) mass is 495 g/mol. The number of carbonyl (C=O) groups excluding carboxylic acids is 3. The van der Waals surface area contributed by atoms with Crippen LogP contribution < -0.4 is 10.2 Å². The Labute approximate surface area is 207 Å². The number of carbonyl (C=O) groups is 3. The zero-order valence-corrected chi connectivity index (χ0v) is 20.2. The van der Waals surface area contributed by atoms with Crippen molar-refractivity contribution in [1.29, 1.82) is 0 Å². The van der Waals surface area contributed by atoms with Gasteiger partial charge in [-0.05, 0) is 60.4 Å². The molecule has 0 aliphatic carbocycles. The van der Waals surface area contributed by atoms with Crippen molar-refractivity contribution in [2.75, 3.05) is 4.90 Å². The van der Waals surface area contributed by atoms with Crippen LogP contribution in [0.15, 0.2) is 66.4 Å². The standard InChI is InChI=1S/C26H23Cl2N3O3/c1-3-16(2)17-9-11-18(12-10-17)31-25(33)20(24(32)29-26(31)34)14-19-6-5-13-30(19)15-21-22(27)7-4-8-23(21)28/h4-14,16H,3,15H2,1-2H3,(H,29,32,34)/b20-14-. The van der Waals surface area contributed by atoms with Crippen LogP contribution in [0.5, 0.6) is 0 Å². The fraction of sp³-hybridized carbons (Fsp3) is 0.192. The summed E-state index contributed by atoms with van der Waals surface area (Å²) in [5.41, 5.74) is 2.68. The number of halogens is 2. The minimum atomic E-state index is -0.776. The molecular weight excluding hydrogens is 473 g/mol. The average molecular weight is 496 g/mol. The third kappa shape index (κ3) is 4.65. The molecule has 0 bridgehead atoms. The molecule has 1 atom stereocenters. The topological polar surface area (TPSA) is 71.4 Å². The second-order valence-electron chi connectivity index (χ2n) is 8.12. The molecular formula is C26H23Cl2N3O3. The lowest BCUT2D eigenvalue weighted by Gasteiger charge is -2.26. The fourth-order valence-electron chi connectivity index (χ4n) is 3.78. The number of amides is 4. The van der Waals surface area contributed by atoms with Gasteiger partial charge in [0.1, 0.15) is 5.57 Å².